The molecule has 10 heavy (non-hydrogen) atoms. The number of halogens is 1. The van der Waals surface area contributed by atoms with E-state index in [2.05, 4.69) is 22.5 Å². The fourth-order valence-electron chi connectivity index (χ4n) is 0.714. The van der Waals surface area contributed by atoms with Crippen molar-refractivity contribution in [3.8, 4) is 5.75 Å². The average Bonchev–Trinajstić information content (AvgIpc) is 1.85. The van der Waals surface area contributed by atoms with Crippen molar-refractivity contribution in [1.82, 2.24) is 0 Å². The summed E-state index contributed by atoms with van der Waals surface area (Å²) in [6, 6.07) is 5.16. The summed E-state index contributed by atoms with van der Waals surface area (Å²) >= 11 is 3.25. The Balaban J connectivity index is 3.18. The third-order valence-corrected chi connectivity index (χ3v) is 1.60. The van der Waals surface area contributed by atoms with Crippen LogP contribution in [0, 0.1) is 0 Å². The molecule has 0 fully saturated rings. The first-order valence-corrected chi connectivity index (χ1v) is 3.63. The van der Waals surface area contributed by atoms with Crippen molar-refractivity contribution in [2.45, 2.75) is 0 Å². The maximum absolute atomic E-state index is 9.05. The molecule has 0 aliphatic heterocycles. The van der Waals surface area contributed by atoms with Crippen LogP contribution in [0.15, 0.2) is 29.3 Å². The summed E-state index contributed by atoms with van der Waals surface area (Å²) in [5.41, 5.74) is 0.909. The van der Waals surface area contributed by atoms with Crippen molar-refractivity contribution in [3.05, 3.63) is 34.8 Å². The van der Waals surface area contributed by atoms with E-state index in [1.807, 2.05) is 6.07 Å². The number of hydrogen-bond donors (Lipinski definition) is 1. The lowest BCUT2D eigenvalue weighted by molar-refractivity contribution is 0.475. The predicted octanol–water partition coefficient (Wildman–Crippen LogP) is 2.80. The largest absolute Gasteiger partial charge is 0.508 e. The summed E-state index contributed by atoms with van der Waals surface area (Å²) in [5, 5.41) is 9.05. The van der Waals surface area contributed by atoms with Crippen LogP contribution in [0.5, 0.6) is 5.75 Å². The molecule has 0 saturated carbocycles. The van der Waals surface area contributed by atoms with Gasteiger partial charge in [0.2, 0.25) is 0 Å². The van der Waals surface area contributed by atoms with E-state index >= 15 is 0 Å². The van der Waals surface area contributed by atoms with Crippen LogP contribution in [0.25, 0.3) is 6.08 Å². The third-order valence-electron chi connectivity index (χ3n) is 1.14. The summed E-state index contributed by atoms with van der Waals surface area (Å²) in [5.74, 6) is 0.254. The zero-order valence-corrected chi connectivity index (χ0v) is 6.93. The fourth-order valence-corrected chi connectivity index (χ4v) is 1.21. The van der Waals surface area contributed by atoms with Gasteiger partial charge in [-0.05, 0) is 23.8 Å². The van der Waals surface area contributed by atoms with Gasteiger partial charge in [-0.15, -0.1) is 0 Å². The first-order valence-electron chi connectivity index (χ1n) is 2.84. The van der Waals surface area contributed by atoms with Crippen molar-refractivity contribution in [2.24, 2.45) is 0 Å². The molecule has 0 aliphatic carbocycles. The third kappa shape index (κ3) is 1.61. The Morgan fingerprint density at radius 2 is 2.10 bits per heavy atom. The Morgan fingerprint density at radius 3 is 2.60 bits per heavy atom. The molecule has 1 N–H and O–H groups in total. The SMILES string of the molecule is C=Cc1cc(O)cc(Br)c1. The standard InChI is InChI=1S/C8H7BrO/c1-2-6-3-7(9)5-8(10)4-6/h2-5,10H,1H2. The van der Waals surface area contributed by atoms with Gasteiger partial charge in [0, 0.05) is 4.47 Å². The molecule has 0 aliphatic rings. The molecular formula is C8H7BrO. The molecule has 0 aromatic heterocycles. The molecule has 0 spiro atoms. The van der Waals surface area contributed by atoms with Crippen LogP contribution in [-0.2, 0) is 0 Å². The van der Waals surface area contributed by atoms with Crippen LogP contribution in [-0.4, -0.2) is 5.11 Å². The Hall–Kier alpha value is -0.760. The zero-order valence-electron chi connectivity index (χ0n) is 5.34. The highest BCUT2D eigenvalue weighted by Gasteiger charge is 1.92. The minimum atomic E-state index is 0.254. The molecule has 1 aromatic carbocycles. The van der Waals surface area contributed by atoms with Gasteiger partial charge in [0.15, 0.2) is 0 Å². The minimum absolute atomic E-state index is 0.254. The highest BCUT2D eigenvalue weighted by molar-refractivity contribution is 9.10. The van der Waals surface area contributed by atoms with Gasteiger partial charge in [-0.25, -0.2) is 0 Å². The molecule has 2 heteroatoms. The van der Waals surface area contributed by atoms with Gasteiger partial charge in [0.25, 0.3) is 0 Å². The van der Waals surface area contributed by atoms with Gasteiger partial charge in [-0.2, -0.15) is 0 Å². The lowest BCUT2D eigenvalue weighted by Gasteiger charge is -1.95. The van der Waals surface area contributed by atoms with Crippen LogP contribution >= 0.6 is 15.9 Å². The molecule has 0 saturated heterocycles. The molecule has 1 rings (SSSR count). The molecule has 1 nitrogen and oxygen atoms in total. The van der Waals surface area contributed by atoms with Crippen LogP contribution in [0.2, 0.25) is 0 Å². The van der Waals surface area contributed by atoms with Crippen LogP contribution < -0.4 is 0 Å². The van der Waals surface area contributed by atoms with Crippen molar-refractivity contribution in [1.29, 1.82) is 0 Å². The number of hydrogen-bond acceptors (Lipinski definition) is 1. The molecule has 0 bridgehead atoms. The van der Waals surface area contributed by atoms with Gasteiger partial charge >= 0.3 is 0 Å². The highest BCUT2D eigenvalue weighted by Crippen LogP contribution is 2.20. The van der Waals surface area contributed by atoms with Gasteiger partial charge < -0.3 is 5.11 Å². The lowest BCUT2D eigenvalue weighted by Crippen LogP contribution is -1.71. The molecule has 1 aromatic rings. The summed E-state index contributed by atoms with van der Waals surface area (Å²) < 4.78 is 0.863. The van der Waals surface area contributed by atoms with E-state index in [4.69, 9.17) is 5.11 Å². The molecule has 0 heterocycles. The van der Waals surface area contributed by atoms with Crippen molar-refractivity contribution < 1.29 is 5.11 Å². The topological polar surface area (TPSA) is 20.2 Å². The van der Waals surface area contributed by atoms with Crippen molar-refractivity contribution in [3.63, 3.8) is 0 Å². The quantitative estimate of drug-likeness (QED) is 0.737. The van der Waals surface area contributed by atoms with Crippen LogP contribution in [0.4, 0.5) is 0 Å². The molecule has 0 atom stereocenters. The molecule has 52 valence electrons. The Morgan fingerprint density at radius 1 is 1.40 bits per heavy atom. The molecule has 0 radical (unpaired) electrons. The Labute approximate surface area is 68.1 Å². The second kappa shape index (κ2) is 2.88. The summed E-state index contributed by atoms with van der Waals surface area (Å²) in [7, 11) is 0. The van der Waals surface area contributed by atoms with Crippen molar-refractivity contribution in [2.75, 3.05) is 0 Å². The van der Waals surface area contributed by atoms with E-state index in [9.17, 15) is 0 Å². The average molecular weight is 199 g/mol. The maximum Gasteiger partial charge on any atom is 0.117 e. The minimum Gasteiger partial charge on any atom is -0.508 e. The van der Waals surface area contributed by atoms with Crippen LogP contribution in [0.1, 0.15) is 5.56 Å². The monoisotopic (exact) mass is 198 g/mol. The molecule has 0 unspecified atom stereocenters. The van der Waals surface area contributed by atoms with Crippen LogP contribution in [0.3, 0.4) is 0 Å². The van der Waals surface area contributed by atoms with Gasteiger partial charge in [-0.1, -0.05) is 28.6 Å². The normalized spacial score (nSPS) is 9.30. The van der Waals surface area contributed by atoms with Crippen molar-refractivity contribution >= 4 is 22.0 Å². The number of phenolic OH excluding ortho intramolecular Hbond substituents is 1. The molecule has 0 amide bonds. The van der Waals surface area contributed by atoms with E-state index in [1.165, 1.54) is 0 Å². The van der Waals surface area contributed by atoms with Gasteiger partial charge in [0.1, 0.15) is 5.75 Å². The number of aromatic hydroxyl groups is 1. The van der Waals surface area contributed by atoms with Gasteiger partial charge in [0.05, 0.1) is 0 Å². The first-order chi connectivity index (χ1) is 4.72. The Bertz CT molecular complexity index is 235. The zero-order chi connectivity index (χ0) is 7.56. The lowest BCUT2D eigenvalue weighted by atomic mass is 10.2. The van der Waals surface area contributed by atoms with E-state index < -0.39 is 0 Å². The fraction of sp³-hybridized carbons (Fsp3) is 0. The second-order valence-electron chi connectivity index (χ2n) is 1.95. The van der Waals surface area contributed by atoms with E-state index in [0.717, 1.165) is 10.0 Å². The summed E-state index contributed by atoms with van der Waals surface area (Å²) in [6.07, 6.45) is 1.68. The number of rotatable bonds is 1. The smallest absolute Gasteiger partial charge is 0.117 e. The number of phenols is 1. The van der Waals surface area contributed by atoms with Gasteiger partial charge in [-0.3, -0.25) is 0 Å². The maximum atomic E-state index is 9.05. The second-order valence-corrected chi connectivity index (χ2v) is 2.86. The number of benzene rings is 1. The highest BCUT2D eigenvalue weighted by atomic mass is 79.9. The summed E-state index contributed by atoms with van der Waals surface area (Å²) in [4.78, 5) is 0. The van der Waals surface area contributed by atoms with E-state index in [1.54, 1.807) is 18.2 Å². The summed E-state index contributed by atoms with van der Waals surface area (Å²) in [6.45, 7) is 3.58. The Kier molecular flexibility index (Phi) is 2.12. The first kappa shape index (κ1) is 7.35. The van der Waals surface area contributed by atoms with E-state index in [-0.39, 0.29) is 5.75 Å². The molecular weight excluding hydrogens is 192 g/mol. The van der Waals surface area contributed by atoms with E-state index in [0.29, 0.717) is 0 Å². The predicted molar refractivity (Wildman–Crippen MR) is 45.9 cm³/mol.